The fourth-order valence-corrected chi connectivity index (χ4v) is 5.76. The van der Waals surface area contributed by atoms with Gasteiger partial charge in [-0.3, -0.25) is 23.1 Å². The summed E-state index contributed by atoms with van der Waals surface area (Å²) in [6.45, 7) is 0.342. The van der Waals surface area contributed by atoms with E-state index in [-0.39, 0.29) is 57.3 Å². The van der Waals surface area contributed by atoms with E-state index in [0.717, 1.165) is 6.42 Å². The number of hydrogen-bond donors (Lipinski definition) is 3. The van der Waals surface area contributed by atoms with Crippen LogP contribution >= 0.6 is 45.1 Å². The second-order valence-corrected chi connectivity index (χ2v) is 10.1. The van der Waals surface area contributed by atoms with Crippen molar-refractivity contribution in [2.75, 3.05) is 6.61 Å². The average molecular weight is 440 g/mol. The zero-order valence-electron chi connectivity index (χ0n) is 13.0. The van der Waals surface area contributed by atoms with Crippen LogP contribution in [0.5, 0.6) is 0 Å². The van der Waals surface area contributed by atoms with Crippen molar-refractivity contribution in [3.63, 3.8) is 0 Å². The van der Waals surface area contributed by atoms with E-state index in [0.29, 0.717) is 12.5 Å². The van der Waals surface area contributed by atoms with Gasteiger partial charge >= 0.3 is 0 Å². The predicted molar refractivity (Wildman–Crippen MR) is 100 cm³/mol. The monoisotopic (exact) mass is 440 g/mol. The molecule has 8 atom stereocenters. The quantitative estimate of drug-likeness (QED) is 0.172. The minimum absolute atomic E-state index is 0.0106. The largest absolute Gasteiger partial charge is 0.390 e. The standard InChI is InChI=1S/C10H25N2O7P5/c11-12-20-16-22-18-24-19-23-17-21-14-6-10-8(13)5-9(15-10)7-3-1-2-4-7/h7-10,12-13,20-24H,1-6,11H2/t8-,9?,10?/m1/s1. The van der Waals surface area contributed by atoms with Gasteiger partial charge in [0.25, 0.3) is 0 Å². The Balaban J connectivity index is 1.40. The first-order valence-electron chi connectivity index (χ1n) is 7.60. The summed E-state index contributed by atoms with van der Waals surface area (Å²) in [6, 6.07) is 0. The number of ether oxygens (including phenoxy) is 1. The average Bonchev–Trinajstić information content (AvgIpc) is 3.22. The van der Waals surface area contributed by atoms with E-state index in [1.165, 1.54) is 25.7 Å². The van der Waals surface area contributed by atoms with Gasteiger partial charge in [-0.25, -0.2) is 5.20 Å². The number of hydrogen-bond acceptors (Lipinski definition) is 9. The molecular formula is C10H25N2O7P5. The first kappa shape index (κ1) is 22.1. The molecule has 1 saturated carbocycles. The highest BCUT2D eigenvalue weighted by atomic mass is 31.2. The third-order valence-electron chi connectivity index (χ3n) is 3.89. The SMILES string of the molecule is NNPOPOPOPOPOCC1OC(C2CCCC2)C[C@H]1O. The highest BCUT2D eigenvalue weighted by Gasteiger charge is 2.38. The lowest BCUT2D eigenvalue weighted by atomic mass is 9.97. The molecule has 1 aliphatic heterocycles. The van der Waals surface area contributed by atoms with E-state index >= 15 is 0 Å². The smallest absolute Gasteiger partial charge is 0.167 e. The lowest BCUT2D eigenvalue weighted by Crippen LogP contribution is -2.25. The fourth-order valence-electron chi connectivity index (χ4n) is 2.85. The van der Waals surface area contributed by atoms with Crippen molar-refractivity contribution < 1.29 is 31.6 Å². The van der Waals surface area contributed by atoms with Crippen molar-refractivity contribution in [2.45, 2.75) is 50.4 Å². The summed E-state index contributed by atoms with van der Waals surface area (Å²) in [4.78, 5) is 0. The van der Waals surface area contributed by atoms with Crippen molar-refractivity contribution in [2.24, 2.45) is 11.8 Å². The zero-order valence-corrected chi connectivity index (χ0v) is 18.0. The van der Waals surface area contributed by atoms with Crippen LogP contribution in [-0.2, 0) is 26.5 Å². The lowest BCUT2D eigenvalue weighted by Gasteiger charge is -2.18. The summed E-state index contributed by atoms with van der Waals surface area (Å²) >= 11 is 0. The maximum absolute atomic E-state index is 10.1. The molecule has 0 aromatic heterocycles. The number of aliphatic hydroxyl groups excluding tert-OH is 1. The molecule has 2 aliphatic rings. The van der Waals surface area contributed by atoms with Crippen LogP contribution in [0, 0.1) is 5.92 Å². The maximum Gasteiger partial charge on any atom is 0.167 e. The van der Waals surface area contributed by atoms with E-state index < -0.39 is 6.10 Å². The van der Waals surface area contributed by atoms with Crippen LogP contribution in [0.1, 0.15) is 32.1 Å². The van der Waals surface area contributed by atoms with Crippen LogP contribution in [0.2, 0.25) is 0 Å². The third kappa shape index (κ3) is 8.65. The first-order chi connectivity index (χ1) is 11.8. The van der Waals surface area contributed by atoms with Gasteiger partial charge in [-0.05, 0) is 18.8 Å². The van der Waals surface area contributed by atoms with E-state index in [2.05, 4.69) is 5.20 Å². The summed E-state index contributed by atoms with van der Waals surface area (Å²) in [5, 5.41) is 12.4. The van der Waals surface area contributed by atoms with E-state index in [9.17, 15) is 5.11 Å². The molecule has 2 fully saturated rings. The van der Waals surface area contributed by atoms with Crippen LogP contribution in [-0.4, -0.2) is 30.0 Å². The number of aliphatic hydroxyl groups is 1. The Morgan fingerprint density at radius 3 is 2.42 bits per heavy atom. The Hall–Kier alpha value is 1.79. The zero-order chi connectivity index (χ0) is 17.0. The Morgan fingerprint density at radius 2 is 1.71 bits per heavy atom. The number of hydrazine groups is 1. The molecule has 9 nitrogen and oxygen atoms in total. The van der Waals surface area contributed by atoms with Gasteiger partial charge in [-0.1, -0.05) is 12.8 Å². The van der Waals surface area contributed by atoms with Gasteiger partial charge in [0.05, 0.1) is 18.8 Å². The molecule has 1 aliphatic carbocycles. The summed E-state index contributed by atoms with van der Waals surface area (Å²) in [5.41, 5.74) is 0. The Labute approximate surface area is 151 Å². The lowest BCUT2D eigenvalue weighted by molar-refractivity contribution is -0.0306. The molecule has 0 radical (unpaired) electrons. The second kappa shape index (κ2) is 13.9. The third-order valence-corrected chi connectivity index (χ3v) is 7.03. The van der Waals surface area contributed by atoms with Crippen LogP contribution in [0.15, 0.2) is 0 Å². The van der Waals surface area contributed by atoms with E-state index in [1.54, 1.807) is 0 Å². The van der Waals surface area contributed by atoms with Crippen LogP contribution in [0.25, 0.3) is 0 Å². The molecule has 4 N–H and O–H groups in total. The minimum Gasteiger partial charge on any atom is -0.390 e. The van der Waals surface area contributed by atoms with Gasteiger partial charge in [-0.2, -0.15) is 0 Å². The molecule has 7 unspecified atom stereocenters. The van der Waals surface area contributed by atoms with E-state index in [4.69, 9.17) is 32.3 Å². The van der Waals surface area contributed by atoms with Gasteiger partial charge in [0.15, 0.2) is 36.1 Å². The Kier molecular flexibility index (Phi) is 12.8. The summed E-state index contributed by atoms with van der Waals surface area (Å²) in [7, 11) is -0.563. The molecule has 0 aromatic rings. The van der Waals surface area contributed by atoms with E-state index in [1.807, 2.05) is 0 Å². The van der Waals surface area contributed by atoms with Crippen LogP contribution in [0.3, 0.4) is 0 Å². The summed E-state index contributed by atoms with van der Waals surface area (Å²) in [6.07, 6.45) is 5.18. The number of rotatable bonds is 13. The maximum atomic E-state index is 10.1. The van der Waals surface area contributed by atoms with Gasteiger partial charge < -0.3 is 14.4 Å². The molecule has 2 rings (SSSR count). The van der Waals surface area contributed by atoms with Crippen molar-refractivity contribution in [3.8, 4) is 0 Å². The number of nitrogens with one attached hydrogen (secondary N) is 1. The van der Waals surface area contributed by atoms with Gasteiger partial charge in [0.2, 0.25) is 0 Å². The second-order valence-electron chi connectivity index (χ2n) is 5.36. The molecule has 0 spiro atoms. The fraction of sp³-hybridized carbons (Fsp3) is 1.00. The Morgan fingerprint density at radius 1 is 1.04 bits per heavy atom. The molecule has 1 saturated heterocycles. The summed E-state index contributed by atoms with van der Waals surface area (Å²) < 4.78 is 31.7. The minimum atomic E-state index is -0.446. The molecule has 14 heteroatoms. The molecule has 24 heavy (non-hydrogen) atoms. The molecular weight excluding hydrogens is 415 g/mol. The van der Waals surface area contributed by atoms with Crippen molar-refractivity contribution in [1.29, 1.82) is 0 Å². The highest BCUT2D eigenvalue weighted by Crippen LogP contribution is 2.41. The van der Waals surface area contributed by atoms with Gasteiger partial charge in [-0.15, -0.1) is 0 Å². The van der Waals surface area contributed by atoms with Crippen molar-refractivity contribution in [3.05, 3.63) is 0 Å². The van der Waals surface area contributed by atoms with Crippen LogP contribution in [0.4, 0.5) is 0 Å². The summed E-state index contributed by atoms with van der Waals surface area (Å²) in [5.74, 6) is 5.63. The van der Waals surface area contributed by atoms with Crippen molar-refractivity contribution in [1.82, 2.24) is 5.20 Å². The van der Waals surface area contributed by atoms with Crippen LogP contribution < -0.4 is 11.0 Å². The molecule has 1 heterocycles. The number of nitrogens with two attached hydrogens (primary N) is 1. The van der Waals surface area contributed by atoms with Crippen molar-refractivity contribution >= 4 is 45.1 Å². The highest BCUT2D eigenvalue weighted by molar-refractivity contribution is 7.51. The molecule has 0 amide bonds. The molecule has 142 valence electrons. The molecule has 0 aromatic carbocycles. The van der Waals surface area contributed by atoms with Gasteiger partial charge in [0.1, 0.15) is 15.1 Å². The first-order valence-corrected chi connectivity index (χ1v) is 11.8. The predicted octanol–water partition coefficient (Wildman–Crippen LogP) is 2.78. The Bertz CT molecular complexity index is 332. The molecule has 0 bridgehead atoms. The topological polar surface area (TPSA) is 114 Å². The van der Waals surface area contributed by atoms with Gasteiger partial charge in [0, 0.05) is 6.42 Å². The normalized spacial score (nSPS) is 30.5.